The van der Waals surface area contributed by atoms with Crippen molar-refractivity contribution in [2.45, 2.75) is 32.6 Å². The summed E-state index contributed by atoms with van der Waals surface area (Å²) in [5.74, 6) is 0.738. The summed E-state index contributed by atoms with van der Waals surface area (Å²) in [5.41, 5.74) is 7.98. The molecular formula is C16H16N2O2S. The monoisotopic (exact) mass is 300 g/mol. The molecule has 2 aliphatic rings. The molecule has 2 heterocycles. The number of allylic oxidation sites excluding steroid dienone is 3. The fraction of sp³-hybridized carbons (Fsp3) is 0.375. The van der Waals surface area contributed by atoms with Gasteiger partial charge < -0.3 is 10.5 Å². The molecule has 21 heavy (non-hydrogen) atoms. The molecule has 0 saturated heterocycles. The van der Waals surface area contributed by atoms with E-state index in [1.807, 2.05) is 25.3 Å². The molecule has 2 atom stereocenters. The van der Waals surface area contributed by atoms with Crippen molar-refractivity contribution < 1.29 is 9.53 Å². The Kier molecular flexibility index (Phi) is 3.34. The van der Waals surface area contributed by atoms with Gasteiger partial charge in [0.2, 0.25) is 5.88 Å². The number of carbonyl (C=O) groups is 1. The van der Waals surface area contributed by atoms with E-state index in [4.69, 9.17) is 10.5 Å². The molecule has 0 aromatic carbocycles. The first-order valence-electron chi connectivity index (χ1n) is 6.90. The molecule has 0 spiro atoms. The SMILES string of the molecule is Cc1ccsc1[C@H]1C(C#N)=C(N)OC2=C1C(=O)C[C@H](C)C2. The van der Waals surface area contributed by atoms with Gasteiger partial charge in [0.25, 0.3) is 0 Å². The maximum absolute atomic E-state index is 12.5. The van der Waals surface area contributed by atoms with Crippen molar-refractivity contribution in [1.29, 1.82) is 5.26 Å². The largest absolute Gasteiger partial charge is 0.444 e. The van der Waals surface area contributed by atoms with Crippen molar-refractivity contribution in [3.8, 4) is 6.07 Å². The van der Waals surface area contributed by atoms with Crippen LogP contribution in [0.1, 0.15) is 36.1 Å². The minimum absolute atomic E-state index is 0.0711. The first-order chi connectivity index (χ1) is 10.0. The molecule has 0 unspecified atom stereocenters. The number of thiophene rings is 1. The first kappa shape index (κ1) is 13.9. The lowest BCUT2D eigenvalue weighted by Crippen LogP contribution is -2.29. The molecule has 0 amide bonds. The van der Waals surface area contributed by atoms with Crippen molar-refractivity contribution in [2.75, 3.05) is 0 Å². The maximum atomic E-state index is 12.5. The highest BCUT2D eigenvalue weighted by atomic mass is 32.1. The van der Waals surface area contributed by atoms with E-state index in [-0.39, 0.29) is 23.5 Å². The molecule has 1 aromatic heterocycles. The van der Waals surface area contributed by atoms with Crippen LogP contribution in [-0.4, -0.2) is 5.78 Å². The van der Waals surface area contributed by atoms with Gasteiger partial charge in [-0.2, -0.15) is 5.26 Å². The van der Waals surface area contributed by atoms with Crippen LogP contribution in [0.25, 0.3) is 0 Å². The Hall–Kier alpha value is -2.06. The van der Waals surface area contributed by atoms with Gasteiger partial charge in [-0.1, -0.05) is 6.92 Å². The van der Waals surface area contributed by atoms with Gasteiger partial charge in [-0.05, 0) is 29.9 Å². The zero-order valence-corrected chi connectivity index (χ0v) is 12.8. The second-order valence-corrected chi connectivity index (χ2v) is 6.61. The van der Waals surface area contributed by atoms with Gasteiger partial charge in [0.05, 0.1) is 5.92 Å². The van der Waals surface area contributed by atoms with Crippen LogP contribution in [0.15, 0.2) is 34.2 Å². The summed E-state index contributed by atoms with van der Waals surface area (Å²) >= 11 is 1.55. The standard InChI is InChI=1S/C16H16N2O2S/c1-8-5-11(19)14-12(6-8)20-16(18)10(7-17)13(14)15-9(2)3-4-21-15/h3-4,8,13H,5-6,18H2,1-2H3/t8-,13-/m0/s1. The molecule has 0 radical (unpaired) electrons. The Morgan fingerprint density at radius 2 is 2.24 bits per heavy atom. The molecule has 0 saturated carbocycles. The van der Waals surface area contributed by atoms with E-state index >= 15 is 0 Å². The summed E-state index contributed by atoms with van der Waals surface area (Å²) in [6.07, 6.45) is 1.20. The van der Waals surface area contributed by atoms with Crippen LogP contribution in [0.2, 0.25) is 0 Å². The molecule has 3 rings (SSSR count). The van der Waals surface area contributed by atoms with E-state index in [2.05, 4.69) is 6.07 Å². The first-order valence-corrected chi connectivity index (χ1v) is 7.78. The van der Waals surface area contributed by atoms with Crippen LogP contribution in [0.5, 0.6) is 0 Å². The van der Waals surface area contributed by atoms with Gasteiger partial charge in [-0.3, -0.25) is 4.79 Å². The minimum Gasteiger partial charge on any atom is -0.444 e. The lowest BCUT2D eigenvalue weighted by Gasteiger charge is -2.32. The van der Waals surface area contributed by atoms with Crippen molar-refractivity contribution >= 4 is 17.1 Å². The third-order valence-electron chi connectivity index (χ3n) is 4.03. The number of hydrogen-bond donors (Lipinski definition) is 1. The predicted molar refractivity (Wildman–Crippen MR) is 80.1 cm³/mol. The fourth-order valence-corrected chi connectivity index (χ4v) is 4.08. The summed E-state index contributed by atoms with van der Waals surface area (Å²) in [4.78, 5) is 13.5. The summed E-state index contributed by atoms with van der Waals surface area (Å²) in [6.45, 7) is 4.01. The van der Waals surface area contributed by atoms with Gasteiger partial charge in [0.15, 0.2) is 5.78 Å². The van der Waals surface area contributed by atoms with Gasteiger partial charge in [0.1, 0.15) is 17.4 Å². The third kappa shape index (κ3) is 2.16. The number of hydrogen-bond acceptors (Lipinski definition) is 5. The van der Waals surface area contributed by atoms with E-state index in [1.54, 1.807) is 11.3 Å². The van der Waals surface area contributed by atoms with Crippen molar-refractivity contribution in [1.82, 2.24) is 0 Å². The molecule has 1 aliphatic heterocycles. The Morgan fingerprint density at radius 1 is 1.48 bits per heavy atom. The number of carbonyl (C=O) groups excluding carboxylic acids is 1. The van der Waals surface area contributed by atoms with E-state index < -0.39 is 0 Å². The van der Waals surface area contributed by atoms with Gasteiger partial charge in [-0.15, -0.1) is 11.3 Å². The number of nitrogens with two attached hydrogens (primary N) is 1. The van der Waals surface area contributed by atoms with Crippen LogP contribution in [0.3, 0.4) is 0 Å². The number of nitriles is 1. The number of rotatable bonds is 1. The van der Waals surface area contributed by atoms with Crippen LogP contribution < -0.4 is 5.73 Å². The second-order valence-electron chi connectivity index (χ2n) is 5.67. The Bertz CT molecular complexity index is 721. The van der Waals surface area contributed by atoms with Crippen LogP contribution in [0.4, 0.5) is 0 Å². The van der Waals surface area contributed by atoms with Gasteiger partial charge in [-0.25, -0.2) is 0 Å². The smallest absolute Gasteiger partial charge is 0.205 e. The molecule has 2 N–H and O–H groups in total. The molecule has 0 bridgehead atoms. The van der Waals surface area contributed by atoms with E-state index in [0.717, 1.165) is 10.4 Å². The van der Waals surface area contributed by atoms with Crippen molar-refractivity contribution in [3.63, 3.8) is 0 Å². The van der Waals surface area contributed by atoms with Crippen LogP contribution in [0, 0.1) is 24.2 Å². The van der Waals surface area contributed by atoms with Crippen LogP contribution in [-0.2, 0) is 9.53 Å². The van der Waals surface area contributed by atoms with Crippen molar-refractivity contribution in [2.24, 2.45) is 11.7 Å². The lowest BCUT2D eigenvalue weighted by atomic mass is 9.77. The average Bonchev–Trinajstić information content (AvgIpc) is 2.82. The second kappa shape index (κ2) is 5.05. The normalized spacial score (nSPS) is 25.5. The maximum Gasteiger partial charge on any atom is 0.205 e. The Labute approximate surface area is 127 Å². The highest BCUT2D eigenvalue weighted by Crippen LogP contribution is 2.46. The summed E-state index contributed by atoms with van der Waals surface area (Å²) < 4.78 is 5.60. The number of aryl methyl sites for hydroxylation is 1. The molecule has 5 heteroatoms. The van der Waals surface area contributed by atoms with Gasteiger partial charge >= 0.3 is 0 Å². The molecule has 4 nitrogen and oxygen atoms in total. The van der Waals surface area contributed by atoms with Crippen molar-refractivity contribution in [3.05, 3.63) is 44.7 Å². The lowest BCUT2D eigenvalue weighted by molar-refractivity contribution is -0.117. The number of ketones is 1. The Morgan fingerprint density at radius 3 is 2.86 bits per heavy atom. The molecule has 1 aliphatic carbocycles. The highest BCUT2D eigenvalue weighted by molar-refractivity contribution is 7.10. The third-order valence-corrected chi connectivity index (χ3v) is 5.11. The van der Waals surface area contributed by atoms with Gasteiger partial charge in [0, 0.05) is 23.3 Å². The topological polar surface area (TPSA) is 76.1 Å². The number of ether oxygens (including phenoxy) is 1. The quantitative estimate of drug-likeness (QED) is 0.864. The number of Topliss-reactive ketones (excluding diaryl/α,β-unsaturated/α-hetero) is 1. The zero-order valence-electron chi connectivity index (χ0n) is 12.0. The fourth-order valence-electron chi connectivity index (χ4n) is 3.04. The minimum atomic E-state index is -0.362. The summed E-state index contributed by atoms with van der Waals surface area (Å²) in [5, 5.41) is 11.4. The Balaban J connectivity index is 2.20. The van der Waals surface area contributed by atoms with Crippen LogP contribution >= 0.6 is 11.3 Å². The van der Waals surface area contributed by atoms with E-state index in [0.29, 0.717) is 29.7 Å². The molecule has 1 aromatic rings. The molecule has 0 fully saturated rings. The predicted octanol–water partition coefficient (Wildman–Crippen LogP) is 3.12. The summed E-state index contributed by atoms with van der Waals surface area (Å²) in [7, 11) is 0. The van der Waals surface area contributed by atoms with E-state index in [9.17, 15) is 10.1 Å². The highest BCUT2D eigenvalue weighted by Gasteiger charge is 2.40. The molecule has 108 valence electrons. The zero-order chi connectivity index (χ0) is 15.1. The molecular weight excluding hydrogens is 284 g/mol. The summed E-state index contributed by atoms with van der Waals surface area (Å²) in [6, 6.07) is 4.13. The average molecular weight is 300 g/mol. The number of nitrogens with zero attached hydrogens (tertiary/aromatic N) is 1. The van der Waals surface area contributed by atoms with E-state index in [1.165, 1.54) is 0 Å².